The maximum absolute atomic E-state index is 10.9. The van der Waals surface area contributed by atoms with Crippen molar-refractivity contribution in [3.8, 4) is 6.07 Å². The van der Waals surface area contributed by atoms with E-state index in [1.165, 1.54) is 0 Å². The maximum Gasteiger partial charge on any atom is 0.405 e. The molecule has 1 unspecified atom stereocenters. The highest BCUT2D eigenvalue weighted by Gasteiger charge is 2.50. The van der Waals surface area contributed by atoms with Crippen molar-refractivity contribution in [3.05, 3.63) is 24.0 Å². The first-order chi connectivity index (χ1) is 9.80. The average molecular weight is 289 g/mol. The van der Waals surface area contributed by atoms with E-state index in [2.05, 4.69) is 37.1 Å². The second-order valence-electron chi connectivity index (χ2n) is 6.46. The highest BCUT2D eigenvalue weighted by atomic mass is 16.4. The molecule has 0 aliphatic carbocycles. The van der Waals surface area contributed by atoms with Gasteiger partial charge in [-0.2, -0.15) is 5.26 Å². The Hall–Kier alpha value is -2.13. The monoisotopic (exact) mass is 289 g/mol. The molecule has 1 aromatic heterocycles. The molecule has 0 bridgehead atoms. The Kier molecular flexibility index (Phi) is 3.88. The van der Waals surface area contributed by atoms with E-state index in [1.54, 1.807) is 6.20 Å². The van der Waals surface area contributed by atoms with Gasteiger partial charge < -0.3 is 10.4 Å². The molecule has 2 rings (SSSR count). The van der Waals surface area contributed by atoms with E-state index in [1.807, 2.05) is 12.1 Å². The van der Waals surface area contributed by atoms with Gasteiger partial charge >= 0.3 is 6.09 Å². The molecular weight excluding hydrogens is 268 g/mol. The topological polar surface area (TPSA) is 86.0 Å². The van der Waals surface area contributed by atoms with E-state index in [0.29, 0.717) is 16.7 Å². The highest BCUT2D eigenvalue weighted by molar-refractivity contribution is 5.65. The van der Waals surface area contributed by atoms with Crippen molar-refractivity contribution in [3.63, 3.8) is 0 Å². The number of carbonyl (C=O) groups is 1. The Labute approximate surface area is 124 Å². The van der Waals surface area contributed by atoms with Crippen LogP contribution in [0.2, 0.25) is 0 Å². The number of nitrogens with zero attached hydrogens (tertiary/aromatic N) is 3. The molecule has 0 spiro atoms. The SMILES string of the molecule is CC(C)(C)[N+]1(c2cccnc2C#N)CC[C@H](NC(=O)O)C1. The van der Waals surface area contributed by atoms with Crippen molar-refractivity contribution in [2.75, 3.05) is 13.1 Å². The Balaban J connectivity index is 2.46. The first-order valence-electron chi connectivity index (χ1n) is 7.02. The quantitative estimate of drug-likeness (QED) is 0.816. The summed E-state index contributed by atoms with van der Waals surface area (Å²) in [6, 6.07) is 5.82. The molecule has 6 heteroatoms. The molecule has 1 saturated heterocycles. The van der Waals surface area contributed by atoms with Gasteiger partial charge in [0.2, 0.25) is 5.69 Å². The number of nitriles is 1. The first kappa shape index (κ1) is 15.3. The van der Waals surface area contributed by atoms with Gasteiger partial charge in [-0.05, 0) is 26.8 Å². The number of quaternary nitrogens is 1. The molecule has 2 atom stereocenters. The minimum absolute atomic E-state index is 0.103. The van der Waals surface area contributed by atoms with Crippen LogP contribution in [0.4, 0.5) is 10.5 Å². The Morgan fingerprint density at radius 2 is 2.29 bits per heavy atom. The summed E-state index contributed by atoms with van der Waals surface area (Å²) in [4.78, 5) is 15.1. The molecule has 2 heterocycles. The van der Waals surface area contributed by atoms with E-state index in [-0.39, 0.29) is 11.6 Å². The molecule has 1 amide bonds. The lowest BCUT2D eigenvalue weighted by atomic mass is 9.99. The number of pyridine rings is 1. The minimum Gasteiger partial charge on any atom is -0.465 e. The van der Waals surface area contributed by atoms with Gasteiger partial charge in [0.1, 0.15) is 12.6 Å². The summed E-state index contributed by atoms with van der Waals surface area (Å²) in [6.45, 7) is 7.77. The predicted molar refractivity (Wildman–Crippen MR) is 79.8 cm³/mol. The van der Waals surface area contributed by atoms with Crippen molar-refractivity contribution < 1.29 is 9.90 Å². The Bertz CT molecular complexity index is 588. The number of hydrogen-bond acceptors (Lipinski definition) is 3. The number of aromatic nitrogens is 1. The van der Waals surface area contributed by atoms with Crippen molar-refractivity contribution in [2.45, 2.75) is 38.8 Å². The number of rotatable bonds is 2. The molecule has 21 heavy (non-hydrogen) atoms. The zero-order valence-electron chi connectivity index (χ0n) is 12.6. The third-order valence-corrected chi connectivity index (χ3v) is 4.36. The van der Waals surface area contributed by atoms with Crippen LogP contribution >= 0.6 is 0 Å². The predicted octanol–water partition coefficient (Wildman–Crippen LogP) is 2.10. The molecule has 112 valence electrons. The molecule has 0 aromatic carbocycles. The van der Waals surface area contributed by atoms with Crippen LogP contribution in [0, 0.1) is 11.3 Å². The summed E-state index contributed by atoms with van der Waals surface area (Å²) >= 11 is 0. The van der Waals surface area contributed by atoms with Gasteiger partial charge in [-0.3, -0.25) is 4.48 Å². The van der Waals surface area contributed by atoms with Crippen LogP contribution in [0.3, 0.4) is 0 Å². The summed E-state index contributed by atoms with van der Waals surface area (Å²) in [6.07, 6.45) is 1.37. The summed E-state index contributed by atoms with van der Waals surface area (Å²) < 4.78 is 0.564. The second-order valence-corrected chi connectivity index (χ2v) is 6.46. The zero-order valence-corrected chi connectivity index (χ0v) is 12.6. The van der Waals surface area contributed by atoms with E-state index < -0.39 is 6.09 Å². The first-order valence-corrected chi connectivity index (χ1v) is 7.02. The fourth-order valence-electron chi connectivity index (χ4n) is 3.25. The highest BCUT2D eigenvalue weighted by Crippen LogP contribution is 2.39. The van der Waals surface area contributed by atoms with E-state index in [9.17, 15) is 10.1 Å². The summed E-state index contributed by atoms with van der Waals surface area (Å²) in [7, 11) is 0. The van der Waals surface area contributed by atoms with Crippen LogP contribution < -0.4 is 9.80 Å². The van der Waals surface area contributed by atoms with Crippen LogP contribution in [-0.4, -0.2) is 40.9 Å². The smallest absolute Gasteiger partial charge is 0.405 e. The number of nitrogens with one attached hydrogen (secondary N) is 1. The summed E-state index contributed by atoms with van der Waals surface area (Å²) in [5, 5.41) is 20.8. The molecule has 0 radical (unpaired) electrons. The van der Waals surface area contributed by atoms with Gasteiger partial charge in [0.25, 0.3) is 0 Å². The van der Waals surface area contributed by atoms with E-state index >= 15 is 0 Å². The van der Waals surface area contributed by atoms with Crippen molar-refractivity contribution in [1.29, 1.82) is 5.26 Å². The lowest BCUT2D eigenvalue weighted by molar-refractivity contribution is 0.166. The lowest BCUT2D eigenvalue weighted by Crippen LogP contribution is -2.61. The van der Waals surface area contributed by atoms with Gasteiger partial charge in [-0.25, -0.2) is 9.78 Å². The third-order valence-electron chi connectivity index (χ3n) is 4.36. The lowest BCUT2D eigenvalue weighted by Gasteiger charge is -2.45. The number of carboxylic acid groups (broad SMARTS) is 1. The van der Waals surface area contributed by atoms with E-state index in [0.717, 1.165) is 18.7 Å². The van der Waals surface area contributed by atoms with Crippen LogP contribution in [0.1, 0.15) is 32.9 Å². The second kappa shape index (κ2) is 5.34. The fraction of sp³-hybridized carbons (Fsp3) is 0.533. The minimum atomic E-state index is -0.999. The maximum atomic E-state index is 10.9. The van der Waals surface area contributed by atoms with Crippen LogP contribution in [-0.2, 0) is 0 Å². The summed E-state index contributed by atoms with van der Waals surface area (Å²) in [5.74, 6) is 0. The van der Waals surface area contributed by atoms with Crippen LogP contribution in [0.15, 0.2) is 18.3 Å². The van der Waals surface area contributed by atoms with Gasteiger partial charge in [-0.15, -0.1) is 0 Å². The van der Waals surface area contributed by atoms with Crippen molar-refractivity contribution >= 4 is 11.8 Å². The van der Waals surface area contributed by atoms with Gasteiger partial charge in [0, 0.05) is 18.7 Å². The molecule has 0 saturated carbocycles. The van der Waals surface area contributed by atoms with Crippen LogP contribution in [0.25, 0.3) is 0 Å². The summed E-state index contributed by atoms with van der Waals surface area (Å²) in [5.41, 5.74) is 1.15. The standard InChI is InChI=1S/C15H20N4O2/c1-15(2,3)19(8-6-11(10-19)18-14(20)21)13-5-4-7-17-12(13)9-16/h4-5,7,11,18H,6,8,10H2,1-3H3/p+1/t11-,19?/m0/s1. The number of likely N-dealkylation sites (tertiary alicyclic amines) is 1. The molecular formula is C15H21N4O2+. The molecule has 2 N–H and O–H groups in total. The molecule has 1 aliphatic heterocycles. The van der Waals surface area contributed by atoms with Crippen LogP contribution in [0.5, 0.6) is 0 Å². The Morgan fingerprint density at radius 3 is 2.86 bits per heavy atom. The molecule has 1 aromatic rings. The fourth-order valence-corrected chi connectivity index (χ4v) is 3.25. The molecule has 1 fully saturated rings. The van der Waals surface area contributed by atoms with Crippen molar-refractivity contribution in [2.24, 2.45) is 0 Å². The van der Waals surface area contributed by atoms with Gasteiger partial charge in [0.15, 0.2) is 5.69 Å². The Morgan fingerprint density at radius 1 is 1.57 bits per heavy atom. The molecule has 1 aliphatic rings. The molecule has 6 nitrogen and oxygen atoms in total. The van der Waals surface area contributed by atoms with E-state index in [4.69, 9.17) is 5.11 Å². The number of hydrogen-bond donors (Lipinski definition) is 2. The normalized spacial score (nSPS) is 25.3. The number of amides is 1. The third kappa shape index (κ3) is 2.69. The average Bonchev–Trinajstić information content (AvgIpc) is 2.82. The zero-order chi connectivity index (χ0) is 15.7. The van der Waals surface area contributed by atoms with Gasteiger partial charge in [-0.1, -0.05) is 0 Å². The van der Waals surface area contributed by atoms with Crippen molar-refractivity contribution in [1.82, 2.24) is 14.8 Å². The van der Waals surface area contributed by atoms with Gasteiger partial charge in [0.05, 0.1) is 18.1 Å². The largest absolute Gasteiger partial charge is 0.465 e.